The van der Waals surface area contributed by atoms with Crippen LogP contribution in [0.5, 0.6) is 5.75 Å². The minimum absolute atomic E-state index is 0.150. The highest BCUT2D eigenvalue weighted by Gasteiger charge is 2.33. The van der Waals surface area contributed by atoms with Gasteiger partial charge in [-0.1, -0.05) is 15.9 Å². The van der Waals surface area contributed by atoms with E-state index in [1.54, 1.807) is 4.98 Å². The van der Waals surface area contributed by atoms with Crippen molar-refractivity contribution in [2.24, 2.45) is 0 Å². The molecule has 17 heavy (non-hydrogen) atoms. The molecule has 2 N–H and O–H groups in total. The Morgan fingerprint density at radius 3 is 2.53 bits per heavy atom. The summed E-state index contributed by atoms with van der Waals surface area (Å²) in [6.07, 6.45) is -5.02. The number of aromatic amines is 1. The van der Waals surface area contributed by atoms with E-state index in [9.17, 15) is 22.8 Å². The number of pyridine rings is 1. The summed E-state index contributed by atoms with van der Waals surface area (Å²) in [7, 11) is 0. The molecule has 0 aliphatic carbocycles. The molecule has 1 aromatic heterocycles. The van der Waals surface area contributed by atoms with Crippen molar-refractivity contribution in [3.8, 4) is 5.75 Å². The maximum Gasteiger partial charge on any atom is 0.573 e. The van der Waals surface area contributed by atoms with Gasteiger partial charge in [-0.3, -0.25) is 4.79 Å². The molecular formula is C8H5BrF3NO4. The van der Waals surface area contributed by atoms with Gasteiger partial charge in [0.25, 0.3) is 5.56 Å². The summed E-state index contributed by atoms with van der Waals surface area (Å²) in [5.74, 6) is -2.43. The molecule has 0 aliphatic heterocycles. The Bertz CT molecular complexity index is 497. The molecule has 0 aliphatic rings. The van der Waals surface area contributed by atoms with Crippen molar-refractivity contribution in [3.05, 3.63) is 27.7 Å². The van der Waals surface area contributed by atoms with Crippen LogP contribution in [0.1, 0.15) is 16.1 Å². The Morgan fingerprint density at radius 2 is 2.12 bits per heavy atom. The number of carbonyl (C=O) groups is 1. The second-order valence-corrected chi connectivity index (χ2v) is 3.41. The lowest BCUT2D eigenvalue weighted by Crippen LogP contribution is -2.25. The van der Waals surface area contributed by atoms with Crippen LogP contribution in [-0.2, 0) is 5.33 Å². The number of hydrogen-bond acceptors (Lipinski definition) is 3. The molecule has 0 aromatic carbocycles. The predicted octanol–water partition coefficient (Wildman–Crippen LogP) is 1.87. The van der Waals surface area contributed by atoms with Crippen molar-refractivity contribution in [2.75, 3.05) is 0 Å². The molecule has 0 bridgehead atoms. The summed E-state index contributed by atoms with van der Waals surface area (Å²) >= 11 is 2.84. The summed E-state index contributed by atoms with van der Waals surface area (Å²) < 4.78 is 39.5. The molecule has 0 atom stereocenters. The van der Waals surface area contributed by atoms with Crippen molar-refractivity contribution in [3.63, 3.8) is 0 Å². The fourth-order valence-electron chi connectivity index (χ4n) is 1.04. The first-order valence-corrected chi connectivity index (χ1v) is 5.18. The zero-order chi connectivity index (χ0) is 13.2. The number of carboxylic acids is 1. The average molecular weight is 316 g/mol. The Labute approximate surface area is 100 Å². The van der Waals surface area contributed by atoms with Gasteiger partial charge in [0.1, 0.15) is 5.69 Å². The number of halogens is 4. The highest BCUT2D eigenvalue weighted by molar-refractivity contribution is 9.08. The van der Waals surface area contributed by atoms with Crippen LogP contribution >= 0.6 is 15.9 Å². The molecule has 9 heteroatoms. The highest BCUT2D eigenvalue weighted by Crippen LogP contribution is 2.24. The van der Waals surface area contributed by atoms with Crippen LogP contribution in [0, 0.1) is 0 Å². The van der Waals surface area contributed by atoms with Crippen LogP contribution in [0.25, 0.3) is 0 Å². The Kier molecular flexibility index (Phi) is 3.81. The first kappa shape index (κ1) is 13.6. The molecule has 94 valence electrons. The Balaban J connectivity index is 3.32. The fraction of sp³-hybridized carbons (Fsp3) is 0.250. The van der Waals surface area contributed by atoms with Crippen LogP contribution in [-0.4, -0.2) is 22.4 Å². The largest absolute Gasteiger partial charge is 0.573 e. The molecule has 0 fully saturated rings. The normalized spacial score (nSPS) is 11.3. The lowest BCUT2D eigenvalue weighted by Gasteiger charge is -2.11. The van der Waals surface area contributed by atoms with E-state index in [1.807, 2.05) is 0 Å². The van der Waals surface area contributed by atoms with Crippen molar-refractivity contribution < 1.29 is 27.8 Å². The maximum atomic E-state index is 12.0. The Morgan fingerprint density at radius 1 is 1.53 bits per heavy atom. The van der Waals surface area contributed by atoms with Gasteiger partial charge in [-0.25, -0.2) is 4.79 Å². The lowest BCUT2D eigenvalue weighted by molar-refractivity contribution is -0.275. The van der Waals surface area contributed by atoms with Crippen molar-refractivity contribution >= 4 is 21.9 Å². The molecule has 0 saturated carbocycles. The molecule has 0 unspecified atom stereocenters. The molecule has 0 saturated heterocycles. The summed E-state index contributed by atoms with van der Waals surface area (Å²) in [6, 6.07) is 0.888. The first-order chi connectivity index (χ1) is 7.74. The van der Waals surface area contributed by atoms with Crippen LogP contribution in [0.4, 0.5) is 13.2 Å². The minimum atomic E-state index is -5.02. The van der Waals surface area contributed by atoms with Gasteiger partial charge in [-0.05, 0) is 6.07 Å². The third-order valence-corrected chi connectivity index (χ3v) is 2.26. The molecule has 0 spiro atoms. The number of ether oxygens (including phenoxy) is 1. The summed E-state index contributed by atoms with van der Waals surface area (Å²) in [5.41, 5.74) is -1.97. The van der Waals surface area contributed by atoms with E-state index < -0.39 is 29.3 Å². The molecule has 1 heterocycles. The van der Waals surface area contributed by atoms with E-state index in [1.165, 1.54) is 0 Å². The van der Waals surface area contributed by atoms with Gasteiger partial charge in [0, 0.05) is 10.9 Å². The third-order valence-electron chi connectivity index (χ3n) is 1.66. The quantitative estimate of drug-likeness (QED) is 0.834. The molecular weight excluding hydrogens is 311 g/mol. The second-order valence-electron chi connectivity index (χ2n) is 2.85. The van der Waals surface area contributed by atoms with E-state index in [-0.39, 0.29) is 10.9 Å². The van der Waals surface area contributed by atoms with Crippen LogP contribution < -0.4 is 10.3 Å². The number of carboxylic acid groups (broad SMARTS) is 1. The van der Waals surface area contributed by atoms with Gasteiger partial charge in [-0.15, -0.1) is 13.2 Å². The standard InChI is InChI=1S/C8H5BrF3NO4/c9-2-3-1-4(7(15)16)13-6(14)5(3)17-8(10,11)12/h1H,2H2,(H,13,14)(H,15,16). The number of nitrogens with one attached hydrogen (secondary N) is 1. The smallest absolute Gasteiger partial charge is 0.477 e. The van der Waals surface area contributed by atoms with Crippen LogP contribution in [0.3, 0.4) is 0 Å². The van der Waals surface area contributed by atoms with Gasteiger partial charge in [0.05, 0.1) is 0 Å². The van der Waals surface area contributed by atoms with E-state index in [2.05, 4.69) is 20.7 Å². The predicted molar refractivity (Wildman–Crippen MR) is 53.3 cm³/mol. The van der Waals surface area contributed by atoms with Gasteiger partial charge in [0.2, 0.25) is 0 Å². The summed E-state index contributed by atoms with van der Waals surface area (Å²) in [5, 5.41) is 8.45. The van der Waals surface area contributed by atoms with Crippen LogP contribution in [0.2, 0.25) is 0 Å². The minimum Gasteiger partial charge on any atom is -0.477 e. The van der Waals surface area contributed by atoms with Crippen molar-refractivity contribution in [1.29, 1.82) is 0 Å². The van der Waals surface area contributed by atoms with Gasteiger partial charge >= 0.3 is 12.3 Å². The van der Waals surface area contributed by atoms with Crippen LogP contribution in [0.15, 0.2) is 10.9 Å². The number of rotatable bonds is 3. The molecule has 1 aromatic rings. The van der Waals surface area contributed by atoms with E-state index in [4.69, 9.17) is 5.11 Å². The zero-order valence-corrected chi connectivity index (χ0v) is 9.55. The fourth-order valence-corrected chi connectivity index (χ4v) is 1.46. The molecule has 1 rings (SSSR count). The number of alkyl halides is 4. The first-order valence-electron chi connectivity index (χ1n) is 4.06. The Hall–Kier alpha value is -1.51. The number of hydrogen-bond donors (Lipinski definition) is 2. The van der Waals surface area contributed by atoms with E-state index >= 15 is 0 Å². The molecule has 0 amide bonds. The number of H-pyrrole nitrogens is 1. The van der Waals surface area contributed by atoms with Crippen molar-refractivity contribution in [1.82, 2.24) is 4.98 Å². The monoisotopic (exact) mass is 315 g/mol. The van der Waals surface area contributed by atoms with Gasteiger partial charge in [-0.2, -0.15) is 0 Å². The summed E-state index contributed by atoms with van der Waals surface area (Å²) in [6.45, 7) is 0. The number of aromatic nitrogens is 1. The maximum absolute atomic E-state index is 12.0. The second kappa shape index (κ2) is 4.78. The molecule has 0 radical (unpaired) electrons. The topological polar surface area (TPSA) is 79.4 Å². The third kappa shape index (κ3) is 3.48. The average Bonchev–Trinajstić information content (AvgIpc) is 2.18. The van der Waals surface area contributed by atoms with Gasteiger partial charge < -0.3 is 14.8 Å². The number of aromatic carboxylic acids is 1. The highest BCUT2D eigenvalue weighted by atomic mass is 79.9. The SMILES string of the molecule is O=C(O)c1cc(CBr)c(OC(F)(F)F)c(=O)[nH]1. The lowest BCUT2D eigenvalue weighted by atomic mass is 10.2. The van der Waals surface area contributed by atoms with Crippen molar-refractivity contribution in [2.45, 2.75) is 11.7 Å². The van der Waals surface area contributed by atoms with E-state index in [0.29, 0.717) is 0 Å². The van der Waals surface area contributed by atoms with Gasteiger partial charge in [0.15, 0.2) is 5.75 Å². The molecule has 5 nitrogen and oxygen atoms in total. The zero-order valence-electron chi connectivity index (χ0n) is 7.97. The summed E-state index contributed by atoms with van der Waals surface area (Å²) in [4.78, 5) is 23.6. The van der Waals surface area contributed by atoms with E-state index in [0.717, 1.165) is 6.07 Å².